The molecule has 0 spiro atoms. The quantitative estimate of drug-likeness (QED) is 0.547. The van der Waals surface area contributed by atoms with Crippen molar-refractivity contribution in [1.29, 1.82) is 0 Å². The molecule has 0 radical (unpaired) electrons. The normalized spacial score (nSPS) is 12.4. The Labute approximate surface area is 176 Å². The van der Waals surface area contributed by atoms with Gasteiger partial charge in [0.05, 0.1) is 17.9 Å². The molecule has 4 nitrogen and oxygen atoms in total. The minimum atomic E-state index is -0.129. The zero-order chi connectivity index (χ0) is 19.5. The number of aromatic nitrogens is 1. The Kier molecular flexibility index (Phi) is 5.59. The molecule has 28 heavy (non-hydrogen) atoms. The van der Waals surface area contributed by atoms with Crippen LogP contribution < -0.4 is 5.32 Å². The van der Waals surface area contributed by atoms with Crippen molar-refractivity contribution in [2.75, 3.05) is 0 Å². The van der Waals surface area contributed by atoms with E-state index in [0.29, 0.717) is 12.1 Å². The van der Waals surface area contributed by atoms with Crippen molar-refractivity contribution < 1.29 is 4.79 Å². The van der Waals surface area contributed by atoms with Gasteiger partial charge >= 0.3 is 0 Å². The molecular weight excluding hydrogens is 434 g/mol. The highest BCUT2D eigenvalue weighted by Crippen LogP contribution is 2.41. The molecule has 0 atom stereocenters. The molecule has 1 aromatic heterocycles. The summed E-state index contributed by atoms with van der Waals surface area (Å²) >= 11 is 5.24. The van der Waals surface area contributed by atoms with E-state index in [1.54, 1.807) is 18.0 Å². The first-order valence-corrected chi connectivity index (χ1v) is 10.6. The molecule has 1 aliphatic rings. The molecule has 0 saturated heterocycles. The molecule has 1 amide bonds. The third-order valence-electron chi connectivity index (χ3n) is 4.44. The van der Waals surface area contributed by atoms with Crippen LogP contribution in [0.1, 0.15) is 35.0 Å². The Morgan fingerprint density at radius 2 is 1.96 bits per heavy atom. The van der Waals surface area contributed by atoms with E-state index < -0.39 is 0 Å². The van der Waals surface area contributed by atoms with E-state index in [1.807, 2.05) is 42.5 Å². The number of amides is 1. The Balaban J connectivity index is 1.62. The first-order valence-electron chi connectivity index (χ1n) is 9.01. The molecule has 0 fully saturated rings. The van der Waals surface area contributed by atoms with E-state index in [4.69, 9.17) is 4.99 Å². The molecule has 140 valence electrons. The zero-order valence-electron chi connectivity index (χ0n) is 15.3. The summed E-state index contributed by atoms with van der Waals surface area (Å²) in [7, 11) is 0. The third kappa shape index (κ3) is 4.03. The summed E-state index contributed by atoms with van der Waals surface area (Å²) in [6, 6.07) is 17.6. The zero-order valence-corrected chi connectivity index (χ0v) is 17.7. The monoisotopic (exact) mass is 451 g/mol. The Bertz CT molecular complexity index is 1070. The number of rotatable bonds is 4. The number of carbonyl (C=O) groups is 1. The maximum Gasteiger partial charge on any atom is 0.251 e. The molecular formula is C22H18BrN3OS. The predicted molar refractivity (Wildman–Crippen MR) is 117 cm³/mol. The average molecular weight is 452 g/mol. The Morgan fingerprint density at radius 3 is 2.75 bits per heavy atom. The fourth-order valence-electron chi connectivity index (χ4n) is 3.02. The number of nitrogens with zero attached hydrogens (tertiary/aromatic N) is 2. The minimum absolute atomic E-state index is 0.129. The number of carbonyl (C=O) groups excluding carboxylic acids is 1. The lowest BCUT2D eigenvalue weighted by Gasteiger charge is -2.08. The van der Waals surface area contributed by atoms with Crippen molar-refractivity contribution in [2.45, 2.75) is 29.7 Å². The van der Waals surface area contributed by atoms with E-state index in [0.717, 1.165) is 38.4 Å². The molecule has 4 rings (SSSR count). The van der Waals surface area contributed by atoms with Crippen LogP contribution in [0.15, 0.2) is 80.1 Å². The summed E-state index contributed by atoms with van der Waals surface area (Å²) in [6.07, 6.45) is 2.54. The fraction of sp³-hybridized carbons (Fsp3) is 0.136. The molecule has 1 aliphatic heterocycles. The van der Waals surface area contributed by atoms with Gasteiger partial charge in [0.25, 0.3) is 5.91 Å². The number of halogens is 1. The number of hydrogen-bond donors (Lipinski definition) is 1. The molecule has 2 heterocycles. The lowest BCUT2D eigenvalue weighted by atomic mass is 10.1. The largest absolute Gasteiger partial charge is 0.346 e. The topological polar surface area (TPSA) is 54.4 Å². The van der Waals surface area contributed by atoms with Crippen LogP contribution in [0.3, 0.4) is 0 Å². The van der Waals surface area contributed by atoms with Crippen LogP contribution in [0.2, 0.25) is 0 Å². The summed E-state index contributed by atoms with van der Waals surface area (Å²) in [5, 5.41) is 2.92. The number of aliphatic imine (C=N–C) groups is 1. The smallest absolute Gasteiger partial charge is 0.251 e. The van der Waals surface area contributed by atoms with E-state index in [-0.39, 0.29) is 5.91 Å². The second-order valence-corrected chi connectivity index (χ2v) is 8.34. The molecule has 0 aliphatic carbocycles. The molecule has 3 aromatic rings. The average Bonchev–Trinajstić information content (AvgIpc) is 2.88. The van der Waals surface area contributed by atoms with Gasteiger partial charge in [-0.3, -0.25) is 14.8 Å². The van der Waals surface area contributed by atoms with Gasteiger partial charge in [0.1, 0.15) is 0 Å². The SMILES string of the molecule is CCC1=Nc2cc(C(=O)NCc3ccccn3)ccc2Sc2ccc(Br)cc21. The van der Waals surface area contributed by atoms with Crippen LogP contribution in [-0.4, -0.2) is 16.6 Å². The van der Waals surface area contributed by atoms with Gasteiger partial charge < -0.3 is 5.32 Å². The van der Waals surface area contributed by atoms with Gasteiger partial charge in [-0.1, -0.05) is 40.7 Å². The van der Waals surface area contributed by atoms with Crippen molar-refractivity contribution in [3.05, 3.63) is 82.1 Å². The lowest BCUT2D eigenvalue weighted by Crippen LogP contribution is -2.23. The number of hydrogen-bond acceptors (Lipinski definition) is 4. The molecule has 0 unspecified atom stereocenters. The maximum atomic E-state index is 12.6. The lowest BCUT2D eigenvalue weighted by molar-refractivity contribution is 0.0950. The van der Waals surface area contributed by atoms with Crippen molar-refractivity contribution in [3.8, 4) is 0 Å². The number of nitrogens with one attached hydrogen (secondary N) is 1. The number of benzene rings is 2. The molecule has 0 saturated carbocycles. The van der Waals surface area contributed by atoms with Gasteiger partial charge in [-0.25, -0.2) is 0 Å². The second-order valence-electron chi connectivity index (χ2n) is 6.34. The summed E-state index contributed by atoms with van der Waals surface area (Å²) < 4.78 is 1.04. The Hall–Kier alpha value is -2.44. The van der Waals surface area contributed by atoms with Crippen LogP contribution >= 0.6 is 27.7 Å². The predicted octanol–water partition coefficient (Wildman–Crippen LogP) is 5.77. The van der Waals surface area contributed by atoms with Crippen molar-refractivity contribution >= 4 is 45.0 Å². The van der Waals surface area contributed by atoms with Gasteiger partial charge in [-0.2, -0.15) is 0 Å². The summed E-state index contributed by atoms with van der Waals surface area (Å²) in [5.74, 6) is -0.129. The van der Waals surface area contributed by atoms with E-state index >= 15 is 0 Å². The van der Waals surface area contributed by atoms with Crippen molar-refractivity contribution in [3.63, 3.8) is 0 Å². The van der Waals surface area contributed by atoms with Crippen LogP contribution in [0, 0.1) is 0 Å². The van der Waals surface area contributed by atoms with Gasteiger partial charge in [-0.15, -0.1) is 0 Å². The van der Waals surface area contributed by atoms with Crippen LogP contribution in [-0.2, 0) is 6.54 Å². The number of fused-ring (bicyclic) bond motifs is 2. The van der Waals surface area contributed by atoms with E-state index in [2.05, 4.69) is 45.3 Å². The molecule has 0 bridgehead atoms. The van der Waals surface area contributed by atoms with Crippen LogP contribution in [0.5, 0.6) is 0 Å². The van der Waals surface area contributed by atoms with E-state index in [1.165, 1.54) is 4.90 Å². The fourth-order valence-corrected chi connectivity index (χ4v) is 4.38. The highest BCUT2D eigenvalue weighted by molar-refractivity contribution is 9.10. The standard InChI is InChI=1S/C22H18BrN3OS/c1-2-18-17-12-15(23)7-9-20(17)28-21-8-6-14(11-19(21)26-18)22(27)25-13-16-5-3-4-10-24-16/h3-12H,2,13H2,1H3,(H,25,27). The molecule has 6 heteroatoms. The van der Waals surface area contributed by atoms with Crippen molar-refractivity contribution in [2.24, 2.45) is 4.99 Å². The van der Waals surface area contributed by atoms with Gasteiger partial charge in [0.15, 0.2) is 0 Å². The van der Waals surface area contributed by atoms with Gasteiger partial charge in [0.2, 0.25) is 0 Å². The highest BCUT2D eigenvalue weighted by atomic mass is 79.9. The second kappa shape index (κ2) is 8.29. The van der Waals surface area contributed by atoms with Gasteiger partial charge in [-0.05, 0) is 55.0 Å². The van der Waals surface area contributed by atoms with Crippen molar-refractivity contribution in [1.82, 2.24) is 10.3 Å². The Morgan fingerprint density at radius 1 is 1.11 bits per heavy atom. The summed E-state index contributed by atoms with van der Waals surface area (Å²) in [4.78, 5) is 23.9. The molecule has 2 aromatic carbocycles. The summed E-state index contributed by atoms with van der Waals surface area (Å²) in [5.41, 5.74) is 4.42. The highest BCUT2D eigenvalue weighted by Gasteiger charge is 2.18. The number of pyridine rings is 1. The first-order chi connectivity index (χ1) is 13.6. The molecule has 1 N–H and O–H groups in total. The van der Waals surface area contributed by atoms with Gasteiger partial charge in [0, 0.05) is 37.3 Å². The summed E-state index contributed by atoms with van der Waals surface area (Å²) in [6.45, 7) is 2.50. The maximum absolute atomic E-state index is 12.6. The van der Waals surface area contributed by atoms with Crippen LogP contribution in [0.4, 0.5) is 5.69 Å². The first kappa shape index (κ1) is 18.9. The minimum Gasteiger partial charge on any atom is -0.346 e. The van der Waals surface area contributed by atoms with E-state index in [9.17, 15) is 4.79 Å². The third-order valence-corrected chi connectivity index (χ3v) is 6.07. The van der Waals surface area contributed by atoms with Crippen LogP contribution in [0.25, 0.3) is 0 Å².